The van der Waals surface area contributed by atoms with Crippen LogP contribution in [0.25, 0.3) is 6.08 Å². The van der Waals surface area contributed by atoms with Crippen LogP contribution in [0.1, 0.15) is 21.5 Å². The van der Waals surface area contributed by atoms with Gasteiger partial charge in [-0.25, -0.2) is 0 Å². The number of carbonyl (C=O) groups excluding carboxylic acids is 1. The van der Waals surface area contributed by atoms with E-state index in [9.17, 15) is 9.90 Å². The molecule has 3 heteroatoms. The number of hydrogen-bond acceptors (Lipinski definition) is 3. The molecular weight excluding hydrogens is 226 g/mol. The average molecular weight is 237 g/mol. The highest BCUT2D eigenvalue weighted by molar-refractivity contribution is 6.17. The number of aromatic hydroxyl groups is 1. The fourth-order valence-corrected chi connectivity index (χ4v) is 2.22. The van der Waals surface area contributed by atoms with Gasteiger partial charge in [-0.2, -0.15) is 0 Å². The van der Waals surface area contributed by atoms with Crippen molar-refractivity contribution in [2.45, 2.75) is 6.42 Å². The van der Waals surface area contributed by atoms with Gasteiger partial charge in [-0.3, -0.25) is 9.78 Å². The van der Waals surface area contributed by atoms with Crippen molar-refractivity contribution in [1.82, 2.24) is 4.98 Å². The molecule has 88 valence electrons. The van der Waals surface area contributed by atoms with Gasteiger partial charge in [-0.1, -0.05) is 12.1 Å². The van der Waals surface area contributed by atoms with Gasteiger partial charge in [-0.05, 0) is 35.4 Å². The second-order valence-corrected chi connectivity index (χ2v) is 4.27. The first-order valence-corrected chi connectivity index (χ1v) is 5.72. The summed E-state index contributed by atoms with van der Waals surface area (Å²) in [5.74, 6) is -0.0180. The Balaban J connectivity index is 2.03. The number of aromatic nitrogens is 1. The predicted molar refractivity (Wildman–Crippen MR) is 68.4 cm³/mol. The Kier molecular flexibility index (Phi) is 2.45. The number of pyridine rings is 1. The molecule has 2 aromatic rings. The predicted octanol–water partition coefficient (Wildman–Crippen LogP) is 2.61. The third-order valence-electron chi connectivity index (χ3n) is 3.08. The van der Waals surface area contributed by atoms with Crippen LogP contribution >= 0.6 is 0 Å². The maximum absolute atomic E-state index is 12.2. The summed E-state index contributed by atoms with van der Waals surface area (Å²) in [5.41, 5.74) is 2.98. The summed E-state index contributed by atoms with van der Waals surface area (Å²) in [6.07, 6.45) is 5.81. The molecule has 0 amide bonds. The van der Waals surface area contributed by atoms with Crippen molar-refractivity contribution in [2.75, 3.05) is 0 Å². The van der Waals surface area contributed by atoms with E-state index >= 15 is 0 Å². The fourth-order valence-electron chi connectivity index (χ4n) is 2.22. The number of rotatable bonds is 1. The number of Topliss-reactive ketones (excluding diaryl/α,β-unsaturated/α-hetero) is 1. The lowest BCUT2D eigenvalue weighted by Gasteiger charge is -1.98. The van der Waals surface area contributed by atoms with Crippen molar-refractivity contribution in [3.05, 3.63) is 65.0 Å². The van der Waals surface area contributed by atoms with Crippen LogP contribution in [0, 0.1) is 0 Å². The number of phenolic OH excluding ortho intramolecular Hbond substituents is 1. The Morgan fingerprint density at radius 1 is 1.17 bits per heavy atom. The molecule has 0 radical (unpaired) electrons. The van der Waals surface area contributed by atoms with E-state index in [0.29, 0.717) is 17.6 Å². The van der Waals surface area contributed by atoms with E-state index in [-0.39, 0.29) is 11.5 Å². The molecule has 0 bridgehead atoms. The Morgan fingerprint density at radius 3 is 2.67 bits per heavy atom. The maximum atomic E-state index is 12.2. The highest BCUT2D eigenvalue weighted by atomic mass is 16.3. The van der Waals surface area contributed by atoms with E-state index < -0.39 is 0 Å². The molecule has 1 heterocycles. The van der Waals surface area contributed by atoms with E-state index in [1.165, 1.54) is 0 Å². The highest BCUT2D eigenvalue weighted by Gasteiger charge is 2.27. The van der Waals surface area contributed by atoms with Gasteiger partial charge in [0.2, 0.25) is 0 Å². The quantitative estimate of drug-likeness (QED) is 0.775. The third kappa shape index (κ3) is 1.70. The minimum Gasteiger partial charge on any atom is -0.507 e. The van der Waals surface area contributed by atoms with Gasteiger partial charge in [0.15, 0.2) is 5.78 Å². The number of phenols is 1. The Bertz CT molecular complexity index is 645. The lowest BCUT2D eigenvalue weighted by Crippen LogP contribution is -1.95. The first kappa shape index (κ1) is 10.7. The molecule has 0 fully saturated rings. The second-order valence-electron chi connectivity index (χ2n) is 4.27. The monoisotopic (exact) mass is 237 g/mol. The molecule has 18 heavy (non-hydrogen) atoms. The van der Waals surface area contributed by atoms with Crippen molar-refractivity contribution < 1.29 is 9.90 Å². The van der Waals surface area contributed by atoms with Gasteiger partial charge in [0, 0.05) is 24.4 Å². The summed E-state index contributed by atoms with van der Waals surface area (Å²) in [5, 5.41) is 9.73. The highest BCUT2D eigenvalue weighted by Crippen LogP contribution is 2.33. The van der Waals surface area contributed by atoms with Gasteiger partial charge in [0.25, 0.3) is 0 Å². The van der Waals surface area contributed by atoms with Crippen LogP contribution in [-0.4, -0.2) is 15.9 Å². The number of nitrogens with zero attached hydrogens (tertiary/aromatic N) is 1. The number of ketones is 1. The van der Waals surface area contributed by atoms with Crippen molar-refractivity contribution in [3.63, 3.8) is 0 Å². The lowest BCUT2D eigenvalue weighted by molar-refractivity contribution is 0.103. The smallest absolute Gasteiger partial charge is 0.193 e. The molecule has 0 spiro atoms. The van der Waals surface area contributed by atoms with E-state index in [1.807, 2.05) is 24.3 Å². The Labute approximate surface area is 104 Å². The molecule has 3 rings (SSSR count). The second kappa shape index (κ2) is 4.11. The van der Waals surface area contributed by atoms with Crippen LogP contribution in [0.3, 0.4) is 0 Å². The van der Waals surface area contributed by atoms with E-state index in [2.05, 4.69) is 4.98 Å². The molecule has 0 atom stereocenters. The minimum absolute atomic E-state index is 0.0654. The molecule has 1 aliphatic rings. The van der Waals surface area contributed by atoms with Crippen LogP contribution in [0.5, 0.6) is 5.75 Å². The Hall–Kier alpha value is -2.42. The fraction of sp³-hybridized carbons (Fsp3) is 0.0667. The van der Waals surface area contributed by atoms with Gasteiger partial charge in [0.05, 0.1) is 5.56 Å². The van der Waals surface area contributed by atoms with Crippen molar-refractivity contribution in [3.8, 4) is 5.75 Å². The first-order valence-electron chi connectivity index (χ1n) is 5.72. The molecular formula is C15H11NO2. The summed E-state index contributed by atoms with van der Waals surface area (Å²) in [6.45, 7) is 0. The molecule has 0 unspecified atom stereocenters. The zero-order chi connectivity index (χ0) is 12.5. The SMILES string of the molecule is O=C1C(=Cc2ccncc2)Cc2cccc(O)c21. The van der Waals surface area contributed by atoms with Crippen molar-refractivity contribution >= 4 is 11.9 Å². The number of hydrogen-bond donors (Lipinski definition) is 1. The van der Waals surface area contributed by atoms with Gasteiger partial charge in [0.1, 0.15) is 5.75 Å². The number of benzene rings is 1. The van der Waals surface area contributed by atoms with Crippen LogP contribution in [-0.2, 0) is 6.42 Å². The molecule has 1 N–H and O–H groups in total. The summed E-state index contributed by atoms with van der Waals surface area (Å²) in [6, 6.07) is 8.88. The van der Waals surface area contributed by atoms with Crippen LogP contribution < -0.4 is 0 Å². The van der Waals surface area contributed by atoms with Crippen molar-refractivity contribution in [1.29, 1.82) is 0 Å². The zero-order valence-corrected chi connectivity index (χ0v) is 9.63. The van der Waals surface area contributed by atoms with Gasteiger partial charge < -0.3 is 5.11 Å². The van der Waals surface area contributed by atoms with Crippen LogP contribution in [0.4, 0.5) is 0 Å². The maximum Gasteiger partial charge on any atom is 0.193 e. The van der Waals surface area contributed by atoms with E-state index in [0.717, 1.165) is 11.1 Å². The number of fused-ring (bicyclic) bond motifs is 1. The summed E-state index contributed by atoms with van der Waals surface area (Å²) < 4.78 is 0. The molecule has 0 aliphatic heterocycles. The van der Waals surface area contributed by atoms with E-state index in [1.54, 1.807) is 24.5 Å². The summed E-state index contributed by atoms with van der Waals surface area (Å²) in [7, 11) is 0. The molecule has 1 aromatic heterocycles. The third-order valence-corrected chi connectivity index (χ3v) is 3.08. The number of carbonyl (C=O) groups is 1. The first-order chi connectivity index (χ1) is 8.75. The van der Waals surface area contributed by atoms with Crippen LogP contribution in [0.15, 0.2) is 48.3 Å². The van der Waals surface area contributed by atoms with E-state index in [4.69, 9.17) is 0 Å². The van der Waals surface area contributed by atoms with Gasteiger partial charge >= 0.3 is 0 Å². The van der Waals surface area contributed by atoms with Crippen molar-refractivity contribution in [2.24, 2.45) is 0 Å². The summed E-state index contributed by atoms with van der Waals surface area (Å²) in [4.78, 5) is 16.1. The largest absolute Gasteiger partial charge is 0.507 e. The standard InChI is InChI=1S/C15H11NO2/c17-13-3-1-2-11-9-12(15(18)14(11)13)8-10-4-6-16-7-5-10/h1-8,17H,9H2. The minimum atomic E-state index is -0.0834. The number of allylic oxidation sites excluding steroid dienone is 1. The normalized spacial score (nSPS) is 16.0. The van der Waals surface area contributed by atoms with Crippen LogP contribution in [0.2, 0.25) is 0 Å². The summed E-state index contributed by atoms with van der Waals surface area (Å²) >= 11 is 0. The molecule has 1 aromatic carbocycles. The average Bonchev–Trinajstić information content (AvgIpc) is 2.69. The molecule has 0 saturated heterocycles. The molecule has 3 nitrogen and oxygen atoms in total. The lowest BCUT2D eigenvalue weighted by atomic mass is 10.1. The molecule has 1 aliphatic carbocycles. The van der Waals surface area contributed by atoms with Gasteiger partial charge in [-0.15, -0.1) is 0 Å². The molecule has 0 saturated carbocycles. The Morgan fingerprint density at radius 2 is 1.94 bits per heavy atom. The zero-order valence-electron chi connectivity index (χ0n) is 9.63. The topological polar surface area (TPSA) is 50.2 Å².